The number of amides is 1. The largest absolute Gasteiger partial charge is 0.368 e. The van der Waals surface area contributed by atoms with E-state index in [2.05, 4.69) is 16.0 Å². The zero-order valence-electron chi connectivity index (χ0n) is 15.0. The van der Waals surface area contributed by atoms with Gasteiger partial charge in [0, 0.05) is 43.3 Å². The van der Waals surface area contributed by atoms with Crippen molar-refractivity contribution in [2.75, 3.05) is 31.1 Å². The number of nitriles is 1. The second-order valence-electron chi connectivity index (χ2n) is 6.65. The van der Waals surface area contributed by atoms with Crippen molar-refractivity contribution in [2.45, 2.75) is 6.42 Å². The second-order valence-corrected chi connectivity index (χ2v) is 6.65. The van der Waals surface area contributed by atoms with Crippen LogP contribution in [0.4, 0.5) is 5.69 Å². The summed E-state index contributed by atoms with van der Waals surface area (Å²) in [7, 11) is 0. The molecule has 2 aromatic carbocycles. The highest BCUT2D eigenvalue weighted by Gasteiger charge is 2.23. The van der Waals surface area contributed by atoms with E-state index in [1.54, 1.807) is 6.20 Å². The van der Waals surface area contributed by atoms with E-state index < -0.39 is 0 Å². The van der Waals surface area contributed by atoms with Gasteiger partial charge in [0.05, 0.1) is 16.8 Å². The van der Waals surface area contributed by atoms with Crippen LogP contribution in [0.2, 0.25) is 0 Å². The molecule has 5 heteroatoms. The number of aromatic nitrogens is 1. The fraction of sp³-hybridized carbons (Fsp3) is 0.227. The van der Waals surface area contributed by atoms with Gasteiger partial charge in [0.25, 0.3) is 5.91 Å². The quantitative estimate of drug-likeness (QED) is 0.705. The molecule has 0 aliphatic carbocycles. The van der Waals surface area contributed by atoms with Gasteiger partial charge in [-0.2, -0.15) is 5.26 Å². The first kappa shape index (κ1) is 17.0. The van der Waals surface area contributed by atoms with Crippen LogP contribution in [0.1, 0.15) is 22.3 Å². The number of nitrogens with zero attached hydrogens (tertiary/aromatic N) is 4. The molecule has 1 aliphatic heterocycles. The summed E-state index contributed by atoms with van der Waals surface area (Å²) in [5.74, 6) is 0.0672. The molecular formula is C22H20N4O. The van der Waals surface area contributed by atoms with Crippen LogP contribution < -0.4 is 4.90 Å². The number of pyridine rings is 1. The molecule has 134 valence electrons. The third-order valence-electron chi connectivity index (χ3n) is 4.99. The minimum Gasteiger partial charge on any atom is -0.368 e. The molecule has 5 nitrogen and oxygen atoms in total. The summed E-state index contributed by atoms with van der Waals surface area (Å²) in [5, 5.41) is 10.6. The molecule has 27 heavy (non-hydrogen) atoms. The van der Waals surface area contributed by atoms with E-state index in [1.165, 1.54) is 0 Å². The van der Waals surface area contributed by atoms with Crippen molar-refractivity contribution in [3.8, 4) is 6.07 Å². The third kappa shape index (κ3) is 3.34. The van der Waals surface area contributed by atoms with Gasteiger partial charge in [-0.1, -0.05) is 36.4 Å². The van der Waals surface area contributed by atoms with Crippen molar-refractivity contribution in [1.82, 2.24) is 9.88 Å². The van der Waals surface area contributed by atoms with E-state index >= 15 is 0 Å². The van der Waals surface area contributed by atoms with Crippen LogP contribution in [0.25, 0.3) is 10.9 Å². The predicted octanol–water partition coefficient (Wildman–Crippen LogP) is 3.46. The van der Waals surface area contributed by atoms with E-state index in [-0.39, 0.29) is 5.91 Å². The molecule has 1 saturated heterocycles. The average Bonchev–Trinajstić information content (AvgIpc) is 2.99. The minimum absolute atomic E-state index is 0.0672. The van der Waals surface area contributed by atoms with Gasteiger partial charge in [0.2, 0.25) is 0 Å². The van der Waals surface area contributed by atoms with E-state index in [9.17, 15) is 10.1 Å². The van der Waals surface area contributed by atoms with E-state index in [0.717, 1.165) is 41.7 Å². The Labute approximate surface area is 158 Å². The normalized spacial score (nSPS) is 14.6. The summed E-state index contributed by atoms with van der Waals surface area (Å²) >= 11 is 0. The first-order chi connectivity index (χ1) is 13.3. The predicted molar refractivity (Wildman–Crippen MR) is 106 cm³/mol. The smallest absolute Gasteiger partial charge is 0.253 e. The van der Waals surface area contributed by atoms with Crippen LogP contribution in [0.5, 0.6) is 0 Å². The van der Waals surface area contributed by atoms with Crippen LogP contribution >= 0.6 is 0 Å². The molecule has 0 spiro atoms. The molecule has 1 aliphatic rings. The van der Waals surface area contributed by atoms with Crippen LogP contribution in [0.15, 0.2) is 60.8 Å². The summed E-state index contributed by atoms with van der Waals surface area (Å²) in [4.78, 5) is 21.3. The van der Waals surface area contributed by atoms with Crippen LogP contribution in [-0.2, 0) is 0 Å². The van der Waals surface area contributed by atoms with Gasteiger partial charge in [-0.15, -0.1) is 0 Å². The number of hydrogen-bond donors (Lipinski definition) is 0. The van der Waals surface area contributed by atoms with Gasteiger partial charge in [-0.05, 0) is 24.6 Å². The molecule has 4 rings (SSSR count). The molecule has 1 fully saturated rings. The number of hydrogen-bond acceptors (Lipinski definition) is 4. The molecule has 0 atom stereocenters. The van der Waals surface area contributed by atoms with Crippen LogP contribution in [0, 0.1) is 11.3 Å². The summed E-state index contributed by atoms with van der Waals surface area (Å²) < 4.78 is 0. The Morgan fingerprint density at radius 2 is 1.74 bits per heavy atom. The lowest BCUT2D eigenvalue weighted by atomic mass is 10.1. The van der Waals surface area contributed by atoms with E-state index in [0.29, 0.717) is 18.7 Å². The van der Waals surface area contributed by atoms with Gasteiger partial charge < -0.3 is 9.80 Å². The molecule has 0 unspecified atom stereocenters. The molecular weight excluding hydrogens is 336 g/mol. The number of para-hydroxylation sites is 1. The fourth-order valence-electron chi connectivity index (χ4n) is 3.66. The maximum Gasteiger partial charge on any atom is 0.253 e. The van der Waals surface area contributed by atoms with Crippen LogP contribution in [-0.4, -0.2) is 42.0 Å². The summed E-state index contributed by atoms with van der Waals surface area (Å²) in [6, 6.07) is 19.6. The summed E-state index contributed by atoms with van der Waals surface area (Å²) in [6.45, 7) is 2.85. The third-order valence-corrected chi connectivity index (χ3v) is 4.99. The van der Waals surface area contributed by atoms with Crippen molar-refractivity contribution < 1.29 is 4.79 Å². The average molecular weight is 356 g/mol. The van der Waals surface area contributed by atoms with Gasteiger partial charge in [0.15, 0.2) is 0 Å². The van der Waals surface area contributed by atoms with Gasteiger partial charge in [0.1, 0.15) is 6.07 Å². The standard InChI is InChI=1S/C22H20N4O/c23-15-18-16-24-20-10-5-4-9-19(20)21(18)25-11-6-12-26(14-13-25)22(27)17-7-2-1-3-8-17/h1-5,7-10,16H,6,11-14H2. The number of carbonyl (C=O) groups is 1. The monoisotopic (exact) mass is 356 g/mol. The summed E-state index contributed by atoms with van der Waals surface area (Å²) in [5.41, 5.74) is 3.11. The van der Waals surface area contributed by atoms with Crippen molar-refractivity contribution in [1.29, 1.82) is 5.26 Å². The lowest BCUT2D eigenvalue weighted by Crippen LogP contribution is -2.35. The molecule has 3 aromatic rings. The minimum atomic E-state index is 0.0672. The topological polar surface area (TPSA) is 60.2 Å². The Bertz CT molecular complexity index is 1010. The van der Waals surface area contributed by atoms with E-state index in [1.807, 2.05) is 59.5 Å². The Morgan fingerprint density at radius 3 is 2.56 bits per heavy atom. The molecule has 1 aromatic heterocycles. The van der Waals surface area contributed by atoms with Gasteiger partial charge in [-0.3, -0.25) is 9.78 Å². The molecule has 2 heterocycles. The lowest BCUT2D eigenvalue weighted by Gasteiger charge is -2.25. The highest BCUT2D eigenvalue weighted by Crippen LogP contribution is 2.30. The first-order valence-electron chi connectivity index (χ1n) is 9.15. The van der Waals surface area contributed by atoms with Crippen LogP contribution in [0.3, 0.4) is 0 Å². The van der Waals surface area contributed by atoms with E-state index in [4.69, 9.17) is 0 Å². The lowest BCUT2D eigenvalue weighted by molar-refractivity contribution is 0.0767. The first-order valence-corrected chi connectivity index (χ1v) is 9.15. The molecule has 1 amide bonds. The molecule has 0 radical (unpaired) electrons. The Kier molecular flexibility index (Phi) is 4.71. The van der Waals surface area contributed by atoms with Crippen molar-refractivity contribution in [2.24, 2.45) is 0 Å². The number of carbonyl (C=O) groups excluding carboxylic acids is 1. The number of anilines is 1. The van der Waals surface area contributed by atoms with Gasteiger partial charge >= 0.3 is 0 Å². The SMILES string of the molecule is N#Cc1cnc2ccccc2c1N1CCCN(C(=O)c2ccccc2)CC1. The zero-order valence-corrected chi connectivity index (χ0v) is 15.0. The zero-order chi connectivity index (χ0) is 18.6. The summed E-state index contributed by atoms with van der Waals surface area (Å²) in [6.07, 6.45) is 2.51. The van der Waals surface area contributed by atoms with Gasteiger partial charge in [-0.25, -0.2) is 0 Å². The molecule has 0 bridgehead atoms. The fourth-order valence-corrected chi connectivity index (χ4v) is 3.66. The molecule has 0 saturated carbocycles. The van der Waals surface area contributed by atoms with Crippen molar-refractivity contribution >= 4 is 22.5 Å². The Morgan fingerprint density at radius 1 is 0.963 bits per heavy atom. The van der Waals surface area contributed by atoms with Crippen molar-refractivity contribution in [3.05, 3.63) is 71.9 Å². The maximum atomic E-state index is 12.8. The Balaban J connectivity index is 1.62. The highest BCUT2D eigenvalue weighted by atomic mass is 16.2. The Hall–Kier alpha value is -3.39. The highest BCUT2D eigenvalue weighted by molar-refractivity contribution is 5.95. The van der Waals surface area contributed by atoms with Crippen molar-refractivity contribution in [3.63, 3.8) is 0 Å². The maximum absolute atomic E-state index is 12.8. The number of benzene rings is 2. The molecule has 0 N–H and O–H groups in total. The second kappa shape index (κ2) is 7.46. The number of fused-ring (bicyclic) bond motifs is 1. The number of rotatable bonds is 2.